The molecule has 0 aliphatic carbocycles. The van der Waals surface area contributed by atoms with Crippen LogP contribution in [0, 0.1) is 0 Å². The van der Waals surface area contributed by atoms with Crippen molar-refractivity contribution in [3.8, 4) is 0 Å². The van der Waals surface area contributed by atoms with Gasteiger partial charge in [-0.2, -0.15) is 4.99 Å². The Bertz CT molecular complexity index is 506. The maximum Gasteiger partial charge on any atom is 0.327 e. The minimum Gasteiger partial charge on any atom is -0.480 e. The van der Waals surface area contributed by atoms with Crippen molar-refractivity contribution in [2.24, 2.45) is 31.9 Å². The highest BCUT2D eigenvalue weighted by Crippen LogP contribution is 2.33. The second-order valence-corrected chi connectivity index (χ2v) is 3.78. The molecule has 2 aliphatic rings. The summed E-state index contributed by atoms with van der Waals surface area (Å²) in [5, 5.41) is 21.5. The van der Waals surface area contributed by atoms with Crippen LogP contribution in [0.15, 0.2) is 20.4 Å². The first-order valence-electron chi connectivity index (χ1n) is 4.50. The minimum absolute atomic E-state index is 0.210. The van der Waals surface area contributed by atoms with Crippen LogP contribution in [0.1, 0.15) is 6.92 Å². The smallest absolute Gasteiger partial charge is 0.327 e. The molecule has 2 aliphatic heterocycles. The van der Waals surface area contributed by atoms with E-state index in [4.69, 9.17) is 16.6 Å². The molecular weight excluding hydrogens is 230 g/mol. The summed E-state index contributed by atoms with van der Waals surface area (Å²) in [5.41, 5.74) is 6.94. The maximum atomic E-state index is 11.9. The lowest BCUT2D eigenvalue weighted by molar-refractivity contribution is -0.147. The van der Waals surface area contributed by atoms with E-state index >= 15 is 0 Å². The van der Waals surface area contributed by atoms with Crippen LogP contribution in [-0.4, -0.2) is 39.9 Å². The van der Waals surface area contributed by atoms with Gasteiger partial charge >= 0.3 is 5.97 Å². The number of amides is 1. The van der Waals surface area contributed by atoms with Gasteiger partial charge in [0.1, 0.15) is 0 Å². The van der Waals surface area contributed by atoms with Crippen molar-refractivity contribution in [1.29, 1.82) is 0 Å². The Morgan fingerprint density at radius 1 is 1.59 bits per heavy atom. The quantitative estimate of drug-likeness (QED) is 0.426. The Morgan fingerprint density at radius 3 is 2.82 bits per heavy atom. The number of hydrogen-bond donors (Lipinski definition) is 4. The molecule has 90 valence electrons. The van der Waals surface area contributed by atoms with Crippen LogP contribution in [0.4, 0.5) is 0 Å². The summed E-state index contributed by atoms with van der Waals surface area (Å²) in [7, 11) is 0. The first-order chi connectivity index (χ1) is 7.82. The van der Waals surface area contributed by atoms with E-state index in [2.05, 4.69) is 25.7 Å². The lowest BCUT2D eigenvalue weighted by Gasteiger charge is -2.36. The predicted octanol–water partition coefficient (Wildman–Crippen LogP) is -2.25. The van der Waals surface area contributed by atoms with Crippen LogP contribution < -0.4 is 16.8 Å². The summed E-state index contributed by atoms with van der Waals surface area (Å²) < 4.78 is 0. The van der Waals surface area contributed by atoms with Gasteiger partial charge < -0.3 is 16.6 Å². The standard InChI is InChI=1S/C7H9N7O3/c1-6(9,4(16)17)7-2(12-14-13-7)10-5(8)11-3(7)15/h9H2,1H3,(H,16,17)(H3,8,10,11,12,13,15)/t6-,7?/m0/s1. The topological polar surface area (TPSA) is 168 Å². The molecule has 2 atom stereocenters. The molecule has 1 unspecified atom stereocenters. The monoisotopic (exact) mass is 239 g/mol. The fraction of sp³-hybridized carbons (Fsp3) is 0.429. The molecule has 0 aromatic heterocycles. The van der Waals surface area contributed by atoms with Crippen molar-refractivity contribution in [1.82, 2.24) is 5.32 Å². The first kappa shape index (κ1) is 11.1. The summed E-state index contributed by atoms with van der Waals surface area (Å²) in [6.07, 6.45) is 0. The summed E-state index contributed by atoms with van der Waals surface area (Å²) >= 11 is 0. The number of amidine groups is 1. The Hall–Kier alpha value is -2.36. The molecule has 0 aromatic carbocycles. The Kier molecular flexibility index (Phi) is 2.01. The molecule has 0 spiro atoms. The van der Waals surface area contributed by atoms with Crippen molar-refractivity contribution in [3.05, 3.63) is 0 Å². The van der Waals surface area contributed by atoms with Gasteiger partial charge in [-0.1, -0.05) is 0 Å². The van der Waals surface area contributed by atoms with Gasteiger partial charge in [0.15, 0.2) is 11.4 Å². The largest absolute Gasteiger partial charge is 0.480 e. The van der Waals surface area contributed by atoms with E-state index in [0.717, 1.165) is 6.92 Å². The van der Waals surface area contributed by atoms with Crippen molar-refractivity contribution in [3.63, 3.8) is 0 Å². The number of carbonyl (C=O) groups is 2. The number of carboxylic acids is 1. The summed E-state index contributed by atoms with van der Waals surface area (Å²) in [6.45, 7) is 1.13. The number of aliphatic imine (C=N–C) groups is 1. The number of nitrogens with one attached hydrogen (secondary N) is 1. The van der Waals surface area contributed by atoms with E-state index in [1.807, 2.05) is 0 Å². The molecule has 2 rings (SSSR count). The number of nitrogens with zero attached hydrogens (tertiary/aromatic N) is 4. The highest BCUT2D eigenvalue weighted by atomic mass is 16.4. The molecule has 17 heavy (non-hydrogen) atoms. The lowest BCUT2D eigenvalue weighted by Crippen LogP contribution is -2.73. The highest BCUT2D eigenvalue weighted by Gasteiger charge is 2.64. The van der Waals surface area contributed by atoms with Gasteiger partial charge in [0.05, 0.1) is 0 Å². The van der Waals surface area contributed by atoms with Gasteiger partial charge in [-0.3, -0.25) is 14.9 Å². The third kappa shape index (κ3) is 1.18. The van der Waals surface area contributed by atoms with Crippen molar-refractivity contribution < 1.29 is 14.7 Å². The van der Waals surface area contributed by atoms with Gasteiger partial charge in [0.2, 0.25) is 5.96 Å². The Morgan fingerprint density at radius 2 is 2.24 bits per heavy atom. The number of aliphatic carboxylic acids is 1. The predicted molar refractivity (Wildman–Crippen MR) is 55.0 cm³/mol. The zero-order valence-electron chi connectivity index (χ0n) is 8.71. The lowest BCUT2D eigenvalue weighted by atomic mass is 9.77. The van der Waals surface area contributed by atoms with Gasteiger partial charge in [0, 0.05) is 0 Å². The molecule has 0 aromatic rings. The third-order valence-electron chi connectivity index (χ3n) is 2.65. The van der Waals surface area contributed by atoms with Crippen molar-refractivity contribution in [2.45, 2.75) is 18.0 Å². The average molecular weight is 239 g/mol. The van der Waals surface area contributed by atoms with Gasteiger partial charge in [0.25, 0.3) is 11.4 Å². The number of rotatable bonds is 2. The molecule has 0 saturated carbocycles. The second kappa shape index (κ2) is 3.07. The number of carboxylic acid groups (broad SMARTS) is 1. The Balaban J connectivity index is 2.64. The van der Waals surface area contributed by atoms with Gasteiger partial charge in [-0.25, -0.2) is 0 Å². The molecule has 6 N–H and O–H groups in total. The van der Waals surface area contributed by atoms with Crippen LogP contribution >= 0.6 is 0 Å². The molecule has 1 amide bonds. The number of guanidine groups is 1. The highest BCUT2D eigenvalue weighted by molar-refractivity contribution is 6.26. The molecule has 0 radical (unpaired) electrons. The van der Waals surface area contributed by atoms with Gasteiger partial charge in [-0.05, 0) is 12.1 Å². The molecule has 10 nitrogen and oxygen atoms in total. The van der Waals surface area contributed by atoms with E-state index in [9.17, 15) is 9.59 Å². The zero-order valence-corrected chi connectivity index (χ0v) is 8.71. The number of hydrogen-bond acceptors (Lipinski definition) is 8. The molecule has 10 heteroatoms. The normalized spacial score (nSPS) is 29.9. The fourth-order valence-electron chi connectivity index (χ4n) is 1.57. The average Bonchev–Trinajstić information content (AvgIpc) is 2.62. The molecule has 2 heterocycles. The molecule has 0 bridgehead atoms. The van der Waals surface area contributed by atoms with Crippen LogP contribution in [0.2, 0.25) is 0 Å². The zero-order chi connectivity index (χ0) is 12.8. The molecule has 0 saturated heterocycles. The van der Waals surface area contributed by atoms with E-state index < -0.39 is 23.0 Å². The van der Waals surface area contributed by atoms with Crippen molar-refractivity contribution >= 4 is 23.7 Å². The summed E-state index contributed by atoms with van der Waals surface area (Å²) in [4.78, 5) is 26.7. The second-order valence-electron chi connectivity index (χ2n) is 3.78. The summed E-state index contributed by atoms with van der Waals surface area (Å²) in [6, 6.07) is 0. The van der Waals surface area contributed by atoms with E-state index in [1.54, 1.807) is 0 Å². The number of carbonyl (C=O) groups excluding carboxylic acids is 1. The van der Waals surface area contributed by atoms with Crippen molar-refractivity contribution in [2.75, 3.05) is 0 Å². The third-order valence-corrected chi connectivity index (χ3v) is 2.65. The van der Waals surface area contributed by atoms with Crippen LogP contribution in [0.3, 0.4) is 0 Å². The summed E-state index contributed by atoms with van der Waals surface area (Å²) in [5.74, 6) is -2.70. The fourth-order valence-corrected chi connectivity index (χ4v) is 1.57. The number of nitrogens with two attached hydrogens (primary N) is 2. The Labute approximate surface area is 94.5 Å². The minimum atomic E-state index is -2.04. The number of fused-ring (bicyclic) bond motifs is 1. The maximum absolute atomic E-state index is 11.9. The molecule has 0 fully saturated rings. The van der Waals surface area contributed by atoms with Crippen LogP contribution in [0.5, 0.6) is 0 Å². The van der Waals surface area contributed by atoms with E-state index in [1.165, 1.54) is 0 Å². The van der Waals surface area contributed by atoms with E-state index in [0.29, 0.717) is 0 Å². The first-order valence-corrected chi connectivity index (χ1v) is 4.50. The SMILES string of the molecule is C[C@](N)(C(=O)O)C12N=NN=C1N=C(N)NC2=O. The van der Waals surface area contributed by atoms with E-state index in [-0.39, 0.29) is 11.8 Å². The molecular formula is C7H9N7O3. The van der Waals surface area contributed by atoms with Gasteiger partial charge in [-0.15, -0.1) is 10.2 Å². The van der Waals surface area contributed by atoms with Crippen LogP contribution in [-0.2, 0) is 9.59 Å². The van der Waals surface area contributed by atoms with Crippen LogP contribution in [0.25, 0.3) is 0 Å².